The van der Waals surface area contributed by atoms with Crippen LogP contribution in [-0.4, -0.2) is 10.9 Å². The molecule has 0 bridgehead atoms. The molecule has 150 valence electrons. The molecule has 0 saturated carbocycles. The van der Waals surface area contributed by atoms with Gasteiger partial charge in [-0.15, -0.1) is 0 Å². The van der Waals surface area contributed by atoms with Crippen LogP contribution in [0, 0.1) is 5.92 Å². The monoisotopic (exact) mass is 396 g/mol. The van der Waals surface area contributed by atoms with Gasteiger partial charge < -0.3 is 9.52 Å². The number of Topliss-reactive ketones (excluding diaryl/α,β-unsaturated/α-hetero) is 1. The Labute approximate surface area is 176 Å². The summed E-state index contributed by atoms with van der Waals surface area (Å²) in [7, 11) is 0. The molecule has 0 amide bonds. The summed E-state index contributed by atoms with van der Waals surface area (Å²) in [5, 5.41) is 10.9. The fraction of sp³-hybridized carbons (Fsp3) is 0.148. The third kappa shape index (κ3) is 3.38. The molecule has 1 aromatic heterocycles. The van der Waals surface area contributed by atoms with Crippen LogP contribution in [0.3, 0.4) is 0 Å². The fourth-order valence-electron chi connectivity index (χ4n) is 4.18. The standard InChI is InChI=1S/C27H24O3/c1-20(25(28)24-18-11-19-30-24)26(29)27(21-12-5-2-6-13-21,22-14-7-3-8-15-22)23-16-9-4-10-17-23/h2-20,25,28H,1H3/t20-,25+/m1/s1. The number of carbonyl (C=O) groups is 1. The van der Waals surface area contributed by atoms with Gasteiger partial charge in [-0.1, -0.05) is 97.9 Å². The van der Waals surface area contributed by atoms with Crippen LogP contribution in [0.1, 0.15) is 35.5 Å². The van der Waals surface area contributed by atoms with E-state index in [2.05, 4.69) is 0 Å². The first kappa shape index (κ1) is 19.9. The number of hydrogen-bond acceptors (Lipinski definition) is 3. The molecular weight excluding hydrogens is 372 g/mol. The lowest BCUT2D eigenvalue weighted by atomic mass is 9.63. The molecule has 4 rings (SSSR count). The molecule has 3 aromatic carbocycles. The molecule has 0 aliphatic carbocycles. The van der Waals surface area contributed by atoms with Crippen molar-refractivity contribution in [3.8, 4) is 0 Å². The van der Waals surface area contributed by atoms with Crippen molar-refractivity contribution in [2.45, 2.75) is 18.4 Å². The zero-order valence-corrected chi connectivity index (χ0v) is 16.8. The average Bonchev–Trinajstić information content (AvgIpc) is 3.36. The summed E-state index contributed by atoms with van der Waals surface area (Å²) in [5.41, 5.74) is 1.54. The van der Waals surface area contributed by atoms with E-state index >= 15 is 0 Å². The minimum Gasteiger partial charge on any atom is -0.467 e. The van der Waals surface area contributed by atoms with Crippen molar-refractivity contribution < 1.29 is 14.3 Å². The van der Waals surface area contributed by atoms with Crippen molar-refractivity contribution >= 4 is 5.78 Å². The van der Waals surface area contributed by atoms with E-state index in [0.717, 1.165) is 16.7 Å². The lowest BCUT2D eigenvalue weighted by Gasteiger charge is -2.37. The molecule has 3 nitrogen and oxygen atoms in total. The smallest absolute Gasteiger partial charge is 0.158 e. The Morgan fingerprint density at radius 2 is 1.17 bits per heavy atom. The zero-order valence-electron chi connectivity index (χ0n) is 16.8. The average molecular weight is 396 g/mol. The quantitative estimate of drug-likeness (QED) is 0.417. The van der Waals surface area contributed by atoms with E-state index in [0.29, 0.717) is 5.76 Å². The number of furan rings is 1. The Morgan fingerprint density at radius 1 is 0.733 bits per heavy atom. The van der Waals surface area contributed by atoms with Gasteiger partial charge in [-0.25, -0.2) is 0 Å². The van der Waals surface area contributed by atoms with Crippen LogP contribution in [0.5, 0.6) is 0 Å². The number of hydrogen-bond donors (Lipinski definition) is 1. The van der Waals surface area contributed by atoms with Gasteiger partial charge in [0.2, 0.25) is 0 Å². The fourth-order valence-corrected chi connectivity index (χ4v) is 4.18. The first-order chi connectivity index (χ1) is 14.7. The topological polar surface area (TPSA) is 50.4 Å². The van der Waals surface area contributed by atoms with E-state index in [4.69, 9.17) is 4.42 Å². The molecule has 1 heterocycles. The van der Waals surface area contributed by atoms with Crippen molar-refractivity contribution in [1.82, 2.24) is 0 Å². The van der Waals surface area contributed by atoms with E-state index in [1.165, 1.54) is 6.26 Å². The second-order valence-electron chi connectivity index (χ2n) is 7.46. The van der Waals surface area contributed by atoms with Crippen LogP contribution in [0.4, 0.5) is 0 Å². The first-order valence-corrected chi connectivity index (χ1v) is 10.1. The normalized spacial score (nSPS) is 13.5. The second-order valence-corrected chi connectivity index (χ2v) is 7.46. The highest BCUT2D eigenvalue weighted by Gasteiger charge is 2.47. The molecular formula is C27H24O3. The molecule has 0 saturated heterocycles. The Hall–Kier alpha value is -3.43. The predicted octanol–water partition coefficient (Wildman–Crippen LogP) is 5.55. The summed E-state index contributed by atoms with van der Waals surface area (Å²) < 4.78 is 5.39. The molecule has 0 unspecified atom stereocenters. The lowest BCUT2D eigenvalue weighted by molar-refractivity contribution is -0.129. The molecule has 30 heavy (non-hydrogen) atoms. The number of aliphatic hydroxyl groups is 1. The number of benzene rings is 3. The highest BCUT2D eigenvalue weighted by Crippen LogP contribution is 2.43. The van der Waals surface area contributed by atoms with E-state index in [1.807, 2.05) is 91.0 Å². The van der Waals surface area contributed by atoms with Gasteiger partial charge in [0.05, 0.1) is 6.26 Å². The van der Waals surface area contributed by atoms with Gasteiger partial charge in [0.25, 0.3) is 0 Å². The van der Waals surface area contributed by atoms with Crippen LogP contribution in [-0.2, 0) is 10.2 Å². The summed E-state index contributed by atoms with van der Waals surface area (Å²) in [6.45, 7) is 1.76. The van der Waals surface area contributed by atoms with Gasteiger partial charge in [-0.05, 0) is 28.8 Å². The summed E-state index contributed by atoms with van der Waals surface area (Å²) in [6.07, 6.45) is 0.470. The van der Waals surface area contributed by atoms with E-state index < -0.39 is 17.4 Å². The second kappa shape index (κ2) is 8.52. The summed E-state index contributed by atoms with van der Waals surface area (Å²) >= 11 is 0. The number of rotatable bonds is 7. The van der Waals surface area contributed by atoms with Gasteiger partial charge in [-0.3, -0.25) is 4.79 Å². The van der Waals surface area contributed by atoms with Crippen molar-refractivity contribution in [1.29, 1.82) is 0 Å². The molecule has 0 aliphatic rings. The maximum absolute atomic E-state index is 14.3. The molecule has 4 aromatic rings. The summed E-state index contributed by atoms with van der Waals surface area (Å²) in [4.78, 5) is 14.3. The summed E-state index contributed by atoms with van der Waals surface area (Å²) in [6, 6.07) is 32.7. The van der Waals surface area contributed by atoms with E-state index in [1.54, 1.807) is 19.1 Å². The third-order valence-electron chi connectivity index (χ3n) is 5.71. The number of carbonyl (C=O) groups excluding carboxylic acids is 1. The van der Waals surface area contributed by atoms with Crippen LogP contribution in [0.25, 0.3) is 0 Å². The van der Waals surface area contributed by atoms with Crippen LogP contribution >= 0.6 is 0 Å². The number of ketones is 1. The molecule has 0 fully saturated rings. The largest absolute Gasteiger partial charge is 0.467 e. The molecule has 2 atom stereocenters. The zero-order chi connectivity index (χ0) is 21.0. The van der Waals surface area contributed by atoms with Crippen molar-refractivity contribution in [3.05, 3.63) is 132 Å². The number of aliphatic hydroxyl groups excluding tert-OH is 1. The van der Waals surface area contributed by atoms with Gasteiger partial charge in [0.15, 0.2) is 5.78 Å². The van der Waals surface area contributed by atoms with Gasteiger partial charge in [0.1, 0.15) is 17.3 Å². The molecule has 0 aliphatic heterocycles. The van der Waals surface area contributed by atoms with Crippen LogP contribution < -0.4 is 0 Å². The lowest BCUT2D eigenvalue weighted by Crippen LogP contribution is -2.43. The maximum Gasteiger partial charge on any atom is 0.158 e. The van der Waals surface area contributed by atoms with E-state index in [9.17, 15) is 9.90 Å². The van der Waals surface area contributed by atoms with Crippen LogP contribution in [0.15, 0.2) is 114 Å². The van der Waals surface area contributed by atoms with E-state index in [-0.39, 0.29) is 5.78 Å². The van der Waals surface area contributed by atoms with Crippen molar-refractivity contribution in [2.75, 3.05) is 0 Å². The maximum atomic E-state index is 14.3. The van der Waals surface area contributed by atoms with Gasteiger partial charge in [0, 0.05) is 5.92 Å². The minimum atomic E-state index is -1.06. The first-order valence-electron chi connectivity index (χ1n) is 10.1. The Kier molecular flexibility index (Phi) is 5.64. The molecule has 3 heteroatoms. The molecule has 1 N–H and O–H groups in total. The molecule has 0 spiro atoms. The SMILES string of the molecule is C[C@@H](C(=O)C(c1ccccc1)(c1ccccc1)c1ccccc1)[C@H](O)c1ccco1. The Balaban J connectivity index is 1.96. The highest BCUT2D eigenvalue weighted by atomic mass is 16.4. The van der Waals surface area contributed by atoms with Gasteiger partial charge in [-0.2, -0.15) is 0 Å². The van der Waals surface area contributed by atoms with Crippen LogP contribution in [0.2, 0.25) is 0 Å². The van der Waals surface area contributed by atoms with Gasteiger partial charge >= 0.3 is 0 Å². The molecule has 0 radical (unpaired) electrons. The third-order valence-corrected chi connectivity index (χ3v) is 5.71. The van der Waals surface area contributed by atoms with Crippen molar-refractivity contribution in [2.24, 2.45) is 5.92 Å². The Bertz CT molecular complexity index is 974. The van der Waals surface area contributed by atoms with Crippen molar-refractivity contribution in [3.63, 3.8) is 0 Å². The predicted molar refractivity (Wildman–Crippen MR) is 117 cm³/mol. The highest BCUT2D eigenvalue weighted by molar-refractivity contribution is 5.99. The summed E-state index contributed by atoms with van der Waals surface area (Å²) in [5.74, 6) is -0.397. The Morgan fingerprint density at radius 3 is 1.53 bits per heavy atom. The minimum absolute atomic E-state index is 0.0880.